The number of carbonyl (C=O) groups is 4. The number of sulfonamides is 1. The molecule has 0 unspecified atom stereocenters. The van der Waals surface area contributed by atoms with E-state index >= 15 is 0 Å². The van der Waals surface area contributed by atoms with Gasteiger partial charge in [0.25, 0.3) is 0 Å². The molecule has 4 aliphatic heterocycles. The molecular weight excluding hydrogens is 1970 g/mol. The van der Waals surface area contributed by atoms with Gasteiger partial charge in [-0.15, -0.1) is 0 Å². The SMILES string of the molecule is C.CC(C)CN(c1ccc(C2(C(=O)CS(C)(=O)=O)CC2)cc1Nc1ccc(Cl)cn1)C1CCOCC1.CC(C)CN(c1ccc(C2(C(=O)O)CC2)cc1Nc1ccc(Cl)cn1)C1CCOCC1.COC(=O)C1(c2ccc(N(CC(C)C)C3CCOCC3)c(N)c2)CC1.COC(=O)C1(c2ccc(N(CC(C)C)C3CCOCC3)c(Nc3ccc(Cl)cn3)c2)CC1.CS(N)(=O)=O.Clc1ccc(Br)nc1.[Na+].[OH-]. The number of nitrogens with two attached hydrogens (primary N) is 2. The molecule has 0 spiro atoms. The summed E-state index contributed by atoms with van der Waals surface area (Å²) < 4.78 is 75.8. The molecule has 0 amide bonds. The van der Waals surface area contributed by atoms with Gasteiger partial charge in [0.15, 0.2) is 15.6 Å². The number of anilines is 11. The number of nitrogens with one attached hydrogen (secondary N) is 3. The van der Waals surface area contributed by atoms with E-state index in [1.807, 2.05) is 54.6 Å². The number of nitrogens with zero attached hydrogens (tertiary/aromatic N) is 8. The summed E-state index contributed by atoms with van der Waals surface area (Å²) in [5, 5.41) is 26.9. The monoisotopic (exact) mass is 2110 g/mol. The number of nitrogen functional groups attached to an aromatic ring is 1. The maximum atomic E-state index is 13.0. The maximum absolute atomic E-state index is 13.0. The molecule has 37 heteroatoms. The van der Waals surface area contributed by atoms with E-state index in [2.05, 4.69) is 174 Å². The molecular formula is C102H139BrCl4N13NaO16S2. The molecule has 0 bridgehead atoms. The van der Waals surface area contributed by atoms with E-state index in [0.717, 1.165) is 241 Å². The first-order chi connectivity index (χ1) is 64.6. The number of benzene rings is 4. The normalized spacial score (nSPS) is 17.1. The van der Waals surface area contributed by atoms with Gasteiger partial charge in [-0.05, 0) is 262 Å². The van der Waals surface area contributed by atoms with Gasteiger partial charge in [-0.25, -0.2) is 41.9 Å². The number of hydrogen-bond donors (Lipinski definition) is 6. The number of hydrogen-bond acceptors (Lipinski definition) is 27. The van der Waals surface area contributed by atoms with E-state index in [-0.39, 0.29) is 60.2 Å². The van der Waals surface area contributed by atoms with Crippen molar-refractivity contribution in [2.75, 3.05) is 153 Å². The number of ether oxygens (including phenoxy) is 6. The Balaban J connectivity index is 0.000000217. The number of ketones is 1. The Hall–Kier alpha value is -7.74. The maximum Gasteiger partial charge on any atom is 1.00 e. The summed E-state index contributed by atoms with van der Waals surface area (Å²) in [6.07, 6.45) is 22.4. The zero-order valence-electron chi connectivity index (χ0n) is 81.5. The minimum absolute atomic E-state index is 0. The average molecular weight is 2110 g/mol. The third-order valence-electron chi connectivity index (χ3n) is 25.4. The van der Waals surface area contributed by atoms with Gasteiger partial charge in [0.1, 0.15) is 27.8 Å². The van der Waals surface area contributed by atoms with Gasteiger partial charge >= 0.3 is 47.5 Å². The van der Waals surface area contributed by atoms with Crippen molar-refractivity contribution in [2.24, 2.45) is 28.8 Å². The first-order valence-electron chi connectivity index (χ1n) is 46.9. The summed E-state index contributed by atoms with van der Waals surface area (Å²) in [7, 11) is -3.65. The number of aliphatic carboxylic acids is 1. The van der Waals surface area contributed by atoms with Crippen molar-refractivity contribution >= 4 is 169 Å². The van der Waals surface area contributed by atoms with E-state index in [9.17, 15) is 41.1 Å². The molecule has 756 valence electrons. The number of halogens is 5. The minimum Gasteiger partial charge on any atom is -0.870 e. The van der Waals surface area contributed by atoms with E-state index in [1.54, 1.807) is 49.1 Å². The van der Waals surface area contributed by atoms with Crippen LogP contribution in [0.15, 0.2) is 151 Å². The second kappa shape index (κ2) is 53.2. The predicted molar refractivity (Wildman–Crippen MR) is 557 cm³/mol. The second-order valence-electron chi connectivity index (χ2n) is 38.2. The molecule has 8 heterocycles. The largest absolute Gasteiger partial charge is 1.00 e. The minimum atomic E-state index is -3.39. The van der Waals surface area contributed by atoms with Crippen molar-refractivity contribution in [2.45, 2.75) is 211 Å². The van der Waals surface area contributed by atoms with Crippen molar-refractivity contribution in [3.8, 4) is 0 Å². The van der Waals surface area contributed by atoms with Crippen LogP contribution in [0.2, 0.25) is 20.1 Å². The van der Waals surface area contributed by atoms with Crippen LogP contribution >= 0.6 is 62.3 Å². The van der Waals surface area contributed by atoms with E-state index < -0.39 is 53.2 Å². The zero-order valence-corrected chi connectivity index (χ0v) is 89.8. The molecule has 29 nitrogen and oxygen atoms in total. The Bertz CT molecular complexity index is 5510. The van der Waals surface area contributed by atoms with E-state index in [0.29, 0.717) is 111 Å². The van der Waals surface area contributed by atoms with Crippen molar-refractivity contribution in [1.82, 2.24) is 19.9 Å². The Morgan fingerprint density at radius 1 is 0.439 bits per heavy atom. The molecule has 9 N–H and O–H groups in total. The quantitative estimate of drug-likeness (QED) is 0.00987. The van der Waals surface area contributed by atoms with Crippen LogP contribution < -0.4 is 76.0 Å². The third-order valence-corrected chi connectivity index (χ3v) is 27.5. The summed E-state index contributed by atoms with van der Waals surface area (Å²) in [6.45, 7) is 27.7. The number of aromatic nitrogens is 4. The second-order valence-corrected chi connectivity index (χ2v) is 44.6. The van der Waals surface area contributed by atoms with Crippen molar-refractivity contribution < 1.29 is 105 Å². The van der Waals surface area contributed by atoms with Crippen LogP contribution in [0.4, 0.5) is 63.0 Å². The van der Waals surface area contributed by atoms with Gasteiger partial charge in [-0.1, -0.05) is 133 Å². The van der Waals surface area contributed by atoms with E-state index in [1.165, 1.54) is 14.2 Å². The van der Waals surface area contributed by atoms with Crippen molar-refractivity contribution in [1.29, 1.82) is 0 Å². The number of carboxylic acids is 1. The van der Waals surface area contributed by atoms with Crippen LogP contribution in [0, 0.1) is 23.7 Å². The Kier molecular flexibility index (Phi) is 44.6. The topological polar surface area (TPSA) is 395 Å². The molecule has 16 rings (SSSR count). The number of sulfone groups is 1. The molecule has 4 aromatic heterocycles. The summed E-state index contributed by atoms with van der Waals surface area (Å²) in [6, 6.07) is 40.7. The summed E-state index contributed by atoms with van der Waals surface area (Å²) in [5.41, 5.74) is 15.4. The van der Waals surface area contributed by atoms with Crippen molar-refractivity contribution in [3.63, 3.8) is 0 Å². The molecule has 139 heavy (non-hydrogen) atoms. The van der Waals surface area contributed by atoms with Gasteiger partial charge in [-0.2, -0.15) is 0 Å². The predicted octanol–water partition coefficient (Wildman–Crippen LogP) is 17.3. The third kappa shape index (κ3) is 33.4. The first-order valence-corrected chi connectivity index (χ1v) is 53.2. The van der Waals surface area contributed by atoms with Gasteiger partial charge < -0.3 is 80.3 Å². The number of Topliss-reactive ketones (excluding diaryl/α,β-unsaturated/α-hetero) is 1. The van der Waals surface area contributed by atoms with Crippen molar-refractivity contribution in [3.05, 3.63) is 193 Å². The number of pyridine rings is 4. The Labute approximate surface area is 872 Å². The van der Waals surface area contributed by atoms with Crippen LogP contribution in [0.1, 0.15) is 188 Å². The number of esters is 2. The van der Waals surface area contributed by atoms with Gasteiger partial charge in [0, 0.05) is 134 Å². The first kappa shape index (κ1) is 117. The smallest absolute Gasteiger partial charge is 0.870 e. The number of rotatable bonds is 32. The number of carboxylic acid groups (broad SMARTS) is 1. The molecule has 4 saturated heterocycles. The van der Waals surface area contributed by atoms with Crippen LogP contribution in [-0.4, -0.2) is 207 Å². The van der Waals surface area contributed by atoms with E-state index in [4.69, 9.17) is 80.6 Å². The van der Waals surface area contributed by atoms with Gasteiger partial charge in [0.2, 0.25) is 10.0 Å². The zero-order chi connectivity index (χ0) is 98.5. The fourth-order valence-electron chi connectivity index (χ4n) is 18.0. The van der Waals surface area contributed by atoms with Gasteiger partial charge in [-0.3, -0.25) is 19.2 Å². The number of primary sulfonamides is 1. The molecule has 0 radical (unpaired) electrons. The van der Waals surface area contributed by atoms with Crippen LogP contribution in [-0.2, 0) is 89.1 Å². The Morgan fingerprint density at radius 2 is 0.698 bits per heavy atom. The molecule has 8 fully saturated rings. The standard InChI is InChI=1S/C26H34ClN3O4S.C25H32ClN3O3.C24H30ClN3O3.C20H30N2O3.C5H3BrClN.CH5NO2S.CH4.Na.H2O/c1-18(2)16-30(21-8-12-34-13-9-21)23-6-4-19(26(10-11-26)24(31)17-35(3,32)33)14-22(23)29-25-7-5-20(27)15-28-25;1-17(2)16-29(20-8-12-32-13-9-20)22-6-4-18(25(10-11-25)24(30)31-3)14-21(22)28-23-7-5-19(26)15-27-23;1-16(2)15-28(19-7-11-31-12-8-19)21-5-3-17(24(9-10-24)23(29)30)13-20(21)27-22-6-4-18(25)14-26-22;1-14(2)13-22(16-6-10-25-11-7-16)18-5-4-15(12-17(18)21)20(8-9-20)19(23)24-3;6-5-2-1-4(7)3-8-5;1-5(2,3)4;;;/h4-7,14-15,18,21H,8-13,16-17H2,1-3H3,(H,28,29);4-7,14-15,17,20H,8-13,16H2,1-3H3,(H,27,28);3-6,13-14,16,19H,7-12,15H2,1-2H3,(H,26,27)(H,29,30);4-5,12,14,16H,6-11,13,21H2,1-3H3;1-3H;1H3,(H2,2,3,4);1H4;;1H2/q;;;;;;;+1;/p-1. The van der Waals surface area contributed by atoms with Gasteiger partial charge in [0.05, 0.1) is 108 Å². The molecule has 4 aromatic carbocycles. The molecule has 8 aliphatic rings. The summed E-state index contributed by atoms with van der Waals surface area (Å²) in [5.74, 6) is 2.30. The fraction of sp³-hybridized carbons (Fsp3) is 0.529. The van der Waals surface area contributed by atoms with Crippen LogP contribution in [0.25, 0.3) is 0 Å². The van der Waals surface area contributed by atoms with Crippen LogP contribution in [0.3, 0.4) is 0 Å². The molecule has 0 atom stereocenters. The number of carbonyl (C=O) groups excluding carboxylic acids is 3. The molecule has 8 aromatic rings. The average Bonchev–Trinajstić information content (AvgIpc) is 1.60. The fourth-order valence-corrected chi connectivity index (χ4v) is 19.4. The summed E-state index contributed by atoms with van der Waals surface area (Å²) in [4.78, 5) is 76.5. The Morgan fingerprint density at radius 3 is 0.928 bits per heavy atom. The molecule has 4 aliphatic carbocycles. The number of methoxy groups -OCH3 is 2. The molecule has 4 saturated carbocycles. The summed E-state index contributed by atoms with van der Waals surface area (Å²) >= 11 is 26.8. The van der Waals surface area contributed by atoms with Crippen LogP contribution in [0.5, 0.6) is 0 Å².